The van der Waals surface area contributed by atoms with E-state index >= 15 is 0 Å². The minimum Gasteiger partial charge on any atom is -0.497 e. The Kier molecular flexibility index (Phi) is 6.08. The molecule has 0 aliphatic carbocycles. The number of methoxy groups -OCH3 is 1. The van der Waals surface area contributed by atoms with Gasteiger partial charge in [0.15, 0.2) is 5.16 Å². The number of thioether (sulfide) groups is 1. The molecule has 10 heteroatoms. The Morgan fingerprint density at radius 3 is 2.32 bits per heavy atom. The van der Waals surface area contributed by atoms with E-state index in [4.69, 9.17) is 4.74 Å². The number of anilines is 4. The lowest BCUT2D eigenvalue weighted by molar-refractivity contribution is -0.114. The summed E-state index contributed by atoms with van der Waals surface area (Å²) in [6, 6.07) is 14.8. The number of nitrogens with zero attached hydrogens (tertiary/aromatic N) is 4. The maximum atomic E-state index is 12.3. The first kappa shape index (κ1) is 20.7. The van der Waals surface area contributed by atoms with Gasteiger partial charge in [0, 0.05) is 37.1 Å². The van der Waals surface area contributed by atoms with Gasteiger partial charge < -0.3 is 20.3 Å². The van der Waals surface area contributed by atoms with E-state index in [-0.39, 0.29) is 17.6 Å². The highest BCUT2D eigenvalue weighted by Gasteiger charge is 2.26. The van der Waals surface area contributed by atoms with Gasteiger partial charge in [-0.3, -0.25) is 14.2 Å². The van der Waals surface area contributed by atoms with Crippen LogP contribution in [0.15, 0.2) is 53.7 Å². The van der Waals surface area contributed by atoms with Crippen molar-refractivity contribution >= 4 is 46.6 Å². The fourth-order valence-corrected chi connectivity index (χ4v) is 4.02. The van der Waals surface area contributed by atoms with Crippen LogP contribution in [-0.2, 0) is 16.1 Å². The Morgan fingerprint density at radius 2 is 1.68 bits per heavy atom. The van der Waals surface area contributed by atoms with E-state index in [1.807, 2.05) is 28.8 Å². The van der Waals surface area contributed by atoms with Gasteiger partial charge in [-0.05, 0) is 48.5 Å². The molecule has 0 fully saturated rings. The zero-order valence-electron chi connectivity index (χ0n) is 17.2. The summed E-state index contributed by atoms with van der Waals surface area (Å²) in [5.74, 6) is 1.51. The molecule has 1 aliphatic rings. The number of fused-ring (bicyclic) bond motifs is 1. The maximum absolute atomic E-state index is 12.3. The molecule has 160 valence electrons. The number of aromatic nitrogens is 3. The number of carbonyl (C=O) groups excluding carboxylic acids is 2. The molecule has 1 aliphatic heterocycles. The van der Waals surface area contributed by atoms with Crippen LogP contribution >= 0.6 is 11.8 Å². The lowest BCUT2D eigenvalue weighted by Crippen LogP contribution is -2.15. The average Bonchev–Trinajstić information content (AvgIpc) is 3.36. The van der Waals surface area contributed by atoms with Gasteiger partial charge in [0.2, 0.25) is 17.8 Å². The highest BCUT2D eigenvalue weighted by Crippen LogP contribution is 2.32. The van der Waals surface area contributed by atoms with Crippen LogP contribution in [0.1, 0.15) is 6.92 Å². The number of hydrogen-bond donors (Lipinski definition) is 2. The number of hydrogen-bond acceptors (Lipinski definition) is 7. The van der Waals surface area contributed by atoms with Gasteiger partial charge in [0.05, 0.1) is 12.9 Å². The van der Waals surface area contributed by atoms with Gasteiger partial charge in [0.1, 0.15) is 5.75 Å². The number of benzene rings is 2. The van der Waals surface area contributed by atoms with Crippen LogP contribution in [0.5, 0.6) is 5.75 Å². The molecule has 0 saturated carbocycles. The predicted molar refractivity (Wildman–Crippen MR) is 120 cm³/mol. The molecule has 0 saturated heterocycles. The van der Waals surface area contributed by atoms with Crippen LogP contribution in [0, 0.1) is 0 Å². The largest absolute Gasteiger partial charge is 0.497 e. The third kappa shape index (κ3) is 4.80. The van der Waals surface area contributed by atoms with E-state index in [1.165, 1.54) is 18.7 Å². The smallest absolute Gasteiger partial charge is 0.234 e. The van der Waals surface area contributed by atoms with E-state index in [9.17, 15) is 9.59 Å². The molecular formula is C21H22N6O3S. The first-order valence-corrected chi connectivity index (χ1v) is 10.7. The van der Waals surface area contributed by atoms with Gasteiger partial charge in [0.25, 0.3) is 0 Å². The van der Waals surface area contributed by atoms with Crippen molar-refractivity contribution in [2.24, 2.45) is 0 Å². The Balaban J connectivity index is 1.34. The molecule has 2 amide bonds. The fraction of sp³-hybridized carbons (Fsp3) is 0.238. The van der Waals surface area contributed by atoms with Gasteiger partial charge >= 0.3 is 0 Å². The summed E-state index contributed by atoms with van der Waals surface area (Å²) in [7, 11) is 1.64. The topological polar surface area (TPSA) is 101 Å². The van der Waals surface area contributed by atoms with Crippen molar-refractivity contribution in [2.75, 3.05) is 34.9 Å². The fourth-order valence-electron chi connectivity index (χ4n) is 3.26. The first-order valence-electron chi connectivity index (χ1n) is 9.68. The Bertz CT molecular complexity index is 1080. The number of carbonyl (C=O) groups is 2. The van der Waals surface area contributed by atoms with Crippen LogP contribution in [0.4, 0.5) is 23.0 Å². The van der Waals surface area contributed by atoms with Crippen molar-refractivity contribution in [3.05, 3.63) is 48.5 Å². The van der Waals surface area contributed by atoms with Crippen molar-refractivity contribution in [1.29, 1.82) is 0 Å². The molecule has 0 radical (unpaired) electrons. The van der Waals surface area contributed by atoms with Gasteiger partial charge in [-0.1, -0.05) is 11.8 Å². The molecule has 0 bridgehead atoms. The van der Waals surface area contributed by atoms with Crippen LogP contribution < -0.4 is 20.3 Å². The highest BCUT2D eigenvalue weighted by atomic mass is 32.2. The third-order valence-corrected chi connectivity index (χ3v) is 5.66. The summed E-state index contributed by atoms with van der Waals surface area (Å²) in [6.45, 7) is 2.99. The molecule has 2 heterocycles. The zero-order valence-corrected chi connectivity index (χ0v) is 18.0. The van der Waals surface area contributed by atoms with E-state index in [1.54, 1.807) is 31.4 Å². The van der Waals surface area contributed by atoms with Crippen molar-refractivity contribution < 1.29 is 14.3 Å². The van der Waals surface area contributed by atoms with E-state index in [0.717, 1.165) is 30.5 Å². The Morgan fingerprint density at radius 1 is 1.00 bits per heavy atom. The van der Waals surface area contributed by atoms with E-state index in [0.29, 0.717) is 16.5 Å². The molecule has 0 atom stereocenters. The van der Waals surface area contributed by atoms with Crippen molar-refractivity contribution in [3.63, 3.8) is 0 Å². The Labute approximate surface area is 183 Å². The lowest BCUT2D eigenvalue weighted by Gasteiger charge is -2.15. The quantitative estimate of drug-likeness (QED) is 0.547. The number of amides is 2. The molecule has 2 N–H and O–H groups in total. The molecule has 9 nitrogen and oxygen atoms in total. The molecule has 31 heavy (non-hydrogen) atoms. The summed E-state index contributed by atoms with van der Waals surface area (Å²) in [4.78, 5) is 25.5. The molecule has 1 aromatic heterocycles. The number of nitrogens with one attached hydrogen (secondary N) is 2. The molecule has 2 aromatic carbocycles. The van der Waals surface area contributed by atoms with Crippen LogP contribution in [-0.4, -0.2) is 46.0 Å². The number of ether oxygens (including phenoxy) is 1. The van der Waals surface area contributed by atoms with Crippen molar-refractivity contribution in [2.45, 2.75) is 18.6 Å². The number of rotatable bonds is 7. The van der Waals surface area contributed by atoms with Crippen molar-refractivity contribution in [3.8, 4) is 5.75 Å². The summed E-state index contributed by atoms with van der Waals surface area (Å²) >= 11 is 1.35. The second-order valence-electron chi connectivity index (χ2n) is 6.88. The highest BCUT2D eigenvalue weighted by molar-refractivity contribution is 7.99. The van der Waals surface area contributed by atoms with E-state index in [2.05, 4.69) is 25.7 Å². The summed E-state index contributed by atoms with van der Waals surface area (Å²) < 4.78 is 7.23. The van der Waals surface area contributed by atoms with Crippen molar-refractivity contribution in [1.82, 2.24) is 14.8 Å². The molecule has 0 spiro atoms. The monoisotopic (exact) mass is 438 g/mol. The van der Waals surface area contributed by atoms with Gasteiger partial charge in [-0.15, -0.1) is 10.2 Å². The Hall–Kier alpha value is -3.53. The van der Waals surface area contributed by atoms with E-state index < -0.39 is 0 Å². The molecular weight excluding hydrogens is 416 g/mol. The second-order valence-corrected chi connectivity index (χ2v) is 7.82. The van der Waals surface area contributed by atoms with Gasteiger partial charge in [-0.25, -0.2) is 0 Å². The SMILES string of the molecule is COc1ccc(N2CCn3c(SCC(=O)Nc4ccc(NC(C)=O)cc4)nnc32)cc1. The van der Waals surface area contributed by atoms with Crippen LogP contribution in [0.3, 0.4) is 0 Å². The summed E-state index contributed by atoms with van der Waals surface area (Å²) in [5.41, 5.74) is 2.36. The summed E-state index contributed by atoms with van der Waals surface area (Å²) in [6.07, 6.45) is 0. The predicted octanol–water partition coefficient (Wildman–Crippen LogP) is 3.13. The maximum Gasteiger partial charge on any atom is 0.234 e. The minimum atomic E-state index is -0.139. The normalized spacial score (nSPS) is 12.4. The average molecular weight is 439 g/mol. The molecule has 4 rings (SSSR count). The second kappa shape index (κ2) is 9.09. The molecule has 0 unspecified atom stereocenters. The summed E-state index contributed by atoms with van der Waals surface area (Å²) in [5, 5.41) is 14.8. The van der Waals surface area contributed by atoms with Crippen LogP contribution in [0.2, 0.25) is 0 Å². The van der Waals surface area contributed by atoms with Gasteiger partial charge in [-0.2, -0.15) is 0 Å². The van der Waals surface area contributed by atoms with Crippen LogP contribution in [0.25, 0.3) is 0 Å². The minimum absolute atomic E-state index is 0.139. The standard InChI is InChI=1S/C21H22N6O3S/c1-14(28)22-15-3-5-16(6-4-15)23-19(29)13-31-21-25-24-20-26(11-12-27(20)21)17-7-9-18(30-2)10-8-17/h3-10H,11-13H2,1-2H3,(H,22,28)(H,23,29). The first-order chi connectivity index (χ1) is 15.0. The third-order valence-electron chi connectivity index (χ3n) is 4.69. The lowest BCUT2D eigenvalue weighted by atomic mass is 10.3. The zero-order chi connectivity index (χ0) is 21.8. The molecule has 3 aromatic rings.